The van der Waals surface area contributed by atoms with E-state index in [1.54, 1.807) is 30.3 Å². The lowest BCUT2D eigenvalue weighted by atomic mass is 9.89. The summed E-state index contributed by atoms with van der Waals surface area (Å²) in [5.41, 5.74) is 17.6. The molecule has 0 aliphatic carbocycles. The third kappa shape index (κ3) is 31.6. The maximum Gasteiger partial charge on any atom is 0.305 e. The minimum Gasteiger partial charge on any atom is -0.481 e. The summed E-state index contributed by atoms with van der Waals surface area (Å²) in [5.74, 6) is -9.54. The van der Waals surface area contributed by atoms with Crippen LogP contribution in [0.25, 0.3) is 0 Å². The van der Waals surface area contributed by atoms with Crippen LogP contribution in [0.4, 0.5) is 0 Å². The molecule has 0 fully saturated rings. The number of hydrogen-bond acceptors (Lipinski definition) is 12. The van der Waals surface area contributed by atoms with E-state index in [1.807, 2.05) is 27.7 Å². The van der Waals surface area contributed by atoms with E-state index in [-0.39, 0.29) is 81.0 Å². The topological polar surface area (TPSA) is 345 Å². The highest BCUT2D eigenvalue weighted by Gasteiger charge is 2.35. The number of carbonyl (C=O) groups is 9. The molecule has 5 amide bonds. The zero-order chi connectivity index (χ0) is 58.4. The zero-order valence-corrected chi connectivity index (χ0v) is 47.9. The molecule has 78 heavy (non-hydrogen) atoms. The van der Waals surface area contributed by atoms with Crippen molar-refractivity contribution in [3.63, 3.8) is 0 Å². The van der Waals surface area contributed by atoms with Crippen LogP contribution >= 0.6 is 0 Å². The molecule has 20 heteroatoms. The van der Waals surface area contributed by atoms with Gasteiger partial charge in [0.2, 0.25) is 29.5 Å². The molecule has 13 N–H and O–H groups in total. The largest absolute Gasteiger partial charge is 0.481 e. The Morgan fingerprint density at radius 1 is 0.577 bits per heavy atom. The molecule has 0 aliphatic heterocycles. The van der Waals surface area contributed by atoms with Crippen LogP contribution in [0.1, 0.15) is 195 Å². The normalized spacial score (nSPS) is 14.0. The number of rotatable bonds is 46. The van der Waals surface area contributed by atoms with Gasteiger partial charge in [-0.1, -0.05) is 142 Å². The third-order valence-electron chi connectivity index (χ3n) is 13.8. The Morgan fingerprint density at radius 2 is 1.08 bits per heavy atom. The number of ketones is 3. The number of aliphatic hydroxyl groups is 1. The molecule has 0 bridgehead atoms. The van der Waals surface area contributed by atoms with Gasteiger partial charge in [0.15, 0.2) is 23.3 Å². The van der Waals surface area contributed by atoms with Crippen molar-refractivity contribution in [1.82, 2.24) is 26.6 Å². The minimum atomic E-state index is -1.67. The van der Waals surface area contributed by atoms with Crippen molar-refractivity contribution in [3.05, 3.63) is 35.9 Å². The van der Waals surface area contributed by atoms with Crippen molar-refractivity contribution in [2.75, 3.05) is 19.7 Å². The quantitative estimate of drug-likeness (QED) is 0.0227. The van der Waals surface area contributed by atoms with Gasteiger partial charge < -0.3 is 54.0 Å². The molecule has 1 rings (SSSR count). The number of unbranched alkanes of at least 4 members (excludes halogenated alkanes) is 13. The molecule has 7 atom stereocenters. The smallest absolute Gasteiger partial charge is 0.305 e. The van der Waals surface area contributed by atoms with Crippen LogP contribution < -0.4 is 43.8 Å². The fraction of sp³-hybridized carbons (Fsp3) is 0.724. The number of carbonyl (C=O) groups excluding carboxylic acids is 8. The summed E-state index contributed by atoms with van der Waals surface area (Å²) in [6.45, 7) is 10.3. The predicted molar refractivity (Wildman–Crippen MR) is 303 cm³/mol. The fourth-order valence-electron chi connectivity index (χ4n) is 9.17. The van der Waals surface area contributed by atoms with Crippen LogP contribution in [0.5, 0.6) is 0 Å². The number of nitrogens with two attached hydrogens (primary N) is 3. The lowest BCUT2D eigenvalue weighted by molar-refractivity contribution is -0.142. The van der Waals surface area contributed by atoms with Crippen LogP contribution in [0.3, 0.4) is 0 Å². The van der Waals surface area contributed by atoms with E-state index in [2.05, 4.69) is 38.5 Å². The SMILES string of the molecule is CCCCCCCCCCCCCCCC(=O)N[C@H](C(=O)N[C@@H](CCCCN)C(=O)C[C@@H](Cc1ccccc1)C(=O)N[C@@H](CCCN=C(N)N)C(=O)C[C@@H](CO)C(=O)N[C@@H](CC(=O)O)C(=O)N[C@@H](CC(C)C)C(C)=O)C(C)C. The molecular formula is C58H99N9O11. The first-order chi connectivity index (χ1) is 37.1. The molecule has 0 heterocycles. The van der Waals surface area contributed by atoms with Crippen molar-refractivity contribution in [2.24, 2.45) is 45.9 Å². The highest BCUT2D eigenvalue weighted by molar-refractivity contribution is 5.98. The number of nitrogens with one attached hydrogen (secondary N) is 5. The highest BCUT2D eigenvalue weighted by Crippen LogP contribution is 2.20. The number of amides is 5. The van der Waals surface area contributed by atoms with Crippen molar-refractivity contribution in [3.8, 4) is 0 Å². The number of aliphatic hydroxyl groups excluding tert-OH is 1. The maximum atomic E-state index is 14.5. The van der Waals surface area contributed by atoms with Gasteiger partial charge in [0.1, 0.15) is 12.1 Å². The van der Waals surface area contributed by atoms with Crippen molar-refractivity contribution in [1.29, 1.82) is 0 Å². The molecule has 1 aromatic carbocycles. The molecule has 0 radical (unpaired) electrons. The van der Waals surface area contributed by atoms with E-state index < -0.39 is 103 Å². The van der Waals surface area contributed by atoms with Gasteiger partial charge in [-0.05, 0) is 82.2 Å². The second-order valence-corrected chi connectivity index (χ2v) is 21.7. The van der Waals surface area contributed by atoms with E-state index in [0.717, 1.165) is 19.3 Å². The van der Waals surface area contributed by atoms with Crippen molar-refractivity contribution >= 4 is 58.8 Å². The molecule has 20 nitrogen and oxygen atoms in total. The van der Waals surface area contributed by atoms with E-state index in [4.69, 9.17) is 17.2 Å². The molecule has 1 aromatic rings. The van der Waals surface area contributed by atoms with E-state index in [9.17, 15) is 53.4 Å². The number of carboxylic acids is 1. The standard InChI is InChI=1S/C58H99N9O11/c1-7-8-9-10-11-12-13-14-15-16-17-18-22-30-51(72)67-53(40(4)5)57(78)64-45(28-23-24-31-59)49(70)35-43(34-42-26-20-19-21-27-42)54(75)63-46(29-25-32-62-58(60)61)50(71)36-44(38-68)55(76)66-48(37-52(73)74)56(77)65-47(41(6)69)33-39(2)3/h19-21,26-27,39-40,43-48,53,68H,7-18,22-25,28-38,59H2,1-6H3,(H,63,75)(H,64,78)(H,65,77)(H,66,76)(H,67,72)(H,73,74)(H4,60,61,62)/t43-,44+,45+,46+,47+,48+,53+/m1/s1. The summed E-state index contributed by atoms with van der Waals surface area (Å²) >= 11 is 0. The molecule has 0 saturated heterocycles. The van der Waals surface area contributed by atoms with Crippen molar-refractivity contribution in [2.45, 2.75) is 226 Å². The van der Waals surface area contributed by atoms with Crippen LogP contribution in [0, 0.1) is 23.7 Å². The lowest BCUT2D eigenvalue weighted by Crippen LogP contribution is -2.54. The zero-order valence-electron chi connectivity index (χ0n) is 47.9. The minimum absolute atomic E-state index is 0.0118. The summed E-state index contributed by atoms with van der Waals surface area (Å²) in [6, 6.07) is 2.99. The Labute approximate surface area is 464 Å². The monoisotopic (exact) mass is 1100 g/mol. The number of nitrogens with zero attached hydrogens (tertiary/aromatic N) is 1. The van der Waals surface area contributed by atoms with E-state index in [1.165, 1.54) is 64.7 Å². The third-order valence-corrected chi connectivity index (χ3v) is 13.8. The first kappa shape index (κ1) is 70.3. The molecular weight excluding hydrogens is 999 g/mol. The Morgan fingerprint density at radius 3 is 1.58 bits per heavy atom. The van der Waals surface area contributed by atoms with Gasteiger partial charge in [-0.3, -0.25) is 48.1 Å². The first-order valence-corrected chi connectivity index (χ1v) is 28.8. The Bertz CT molecular complexity index is 2000. The molecule has 0 unspecified atom stereocenters. The summed E-state index contributed by atoms with van der Waals surface area (Å²) in [7, 11) is 0. The average molecular weight is 1100 g/mol. The van der Waals surface area contributed by atoms with Crippen LogP contribution in [-0.2, 0) is 49.6 Å². The molecule has 0 aliphatic rings. The number of hydrogen-bond donors (Lipinski definition) is 10. The van der Waals surface area contributed by atoms with E-state index >= 15 is 0 Å². The predicted octanol–water partition coefficient (Wildman–Crippen LogP) is 5.23. The number of aliphatic imine (C=N–C) groups is 1. The van der Waals surface area contributed by atoms with Crippen molar-refractivity contribution < 1.29 is 53.4 Å². The summed E-state index contributed by atoms with van der Waals surface area (Å²) in [5, 5.41) is 33.4. The summed E-state index contributed by atoms with van der Waals surface area (Å²) in [6.07, 6.45) is 15.3. The van der Waals surface area contributed by atoms with Gasteiger partial charge in [-0.2, -0.15) is 0 Å². The van der Waals surface area contributed by atoms with Crippen LogP contribution in [-0.4, -0.2) is 119 Å². The van der Waals surface area contributed by atoms with Gasteiger partial charge >= 0.3 is 5.97 Å². The number of guanidine groups is 1. The summed E-state index contributed by atoms with van der Waals surface area (Å²) in [4.78, 5) is 125. The van der Waals surface area contributed by atoms with Gasteiger partial charge in [0.05, 0.1) is 37.1 Å². The Kier molecular flexibility index (Phi) is 37.2. The fourth-order valence-corrected chi connectivity index (χ4v) is 9.17. The van der Waals surface area contributed by atoms with Gasteiger partial charge in [0.25, 0.3) is 0 Å². The van der Waals surface area contributed by atoms with Crippen LogP contribution in [0.2, 0.25) is 0 Å². The number of carboxylic acid groups (broad SMARTS) is 1. The Hall–Kier alpha value is -5.76. The van der Waals surface area contributed by atoms with E-state index in [0.29, 0.717) is 31.4 Å². The number of benzene rings is 1. The second kappa shape index (κ2) is 41.3. The maximum absolute atomic E-state index is 14.5. The number of Topliss-reactive ketones (excluding diaryl/α,β-unsaturated/α-hetero) is 3. The molecule has 442 valence electrons. The highest BCUT2D eigenvalue weighted by atomic mass is 16.4. The lowest BCUT2D eigenvalue weighted by Gasteiger charge is -2.27. The van der Waals surface area contributed by atoms with Crippen LogP contribution in [0.15, 0.2) is 35.3 Å². The van der Waals surface area contributed by atoms with Gasteiger partial charge in [-0.15, -0.1) is 0 Å². The van der Waals surface area contributed by atoms with Gasteiger partial charge in [0, 0.05) is 31.7 Å². The Balaban J connectivity index is 3.31. The summed E-state index contributed by atoms with van der Waals surface area (Å²) < 4.78 is 0. The second-order valence-electron chi connectivity index (χ2n) is 21.7. The average Bonchev–Trinajstić information content (AvgIpc) is 3.38. The first-order valence-electron chi connectivity index (χ1n) is 28.8. The van der Waals surface area contributed by atoms with Gasteiger partial charge in [-0.25, -0.2) is 0 Å². The molecule has 0 saturated carbocycles. The molecule has 0 spiro atoms. The number of aliphatic carboxylic acids is 1. The molecule has 0 aromatic heterocycles.